The van der Waals surface area contributed by atoms with Crippen LogP contribution >= 0.6 is 11.3 Å². The van der Waals surface area contributed by atoms with Crippen LogP contribution in [0, 0.1) is 0 Å². The van der Waals surface area contributed by atoms with Gasteiger partial charge < -0.3 is 24.2 Å². The zero-order valence-electron chi connectivity index (χ0n) is 22.3. The van der Waals surface area contributed by atoms with Crippen LogP contribution in [0.3, 0.4) is 0 Å². The average molecular weight is 538 g/mol. The van der Waals surface area contributed by atoms with Crippen molar-refractivity contribution in [1.29, 1.82) is 0 Å². The molecule has 1 atom stereocenters. The number of aromatic hydroxyl groups is 1. The Hall–Kier alpha value is -4.05. The van der Waals surface area contributed by atoms with E-state index in [-0.39, 0.29) is 17.2 Å². The molecule has 1 aliphatic heterocycles. The number of hydrogen-bond donors (Lipinski definition) is 1. The molecule has 0 unspecified atom stereocenters. The molecule has 0 saturated heterocycles. The molecule has 2 heterocycles. The van der Waals surface area contributed by atoms with Crippen LogP contribution < -0.4 is 29.1 Å². The van der Waals surface area contributed by atoms with Crippen molar-refractivity contribution >= 4 is 23.3 Å². The Labute approximate surface area is 224 Å². The second kappa shape index (κ2) is 11.1. The number of aromatic nitrogens is 1. The number of benzene rings is 2. The normalized spacial score (nSPS) is 15.1. The Morgan fingerprint density at radius 2 is 1.76 bits per heavy atom. The molecule has 0 bridgehead atoms. The minimum atomic E-state index is -0.782. The van der Waals surface area contributed by atoms with E-state index in [2.05, 4.69) is 0 Å². The van der Waals surface area contributed by atoms with Gasteiger partial charge in [-0.3, -0.25) is 14.2 Å². The molecule has 0 radical (unpaired) electrons. The van der Waals surface area contributed by atoms with Gasteiger partial charge in [-0.2, -0.15) is 0 Å². The number of fused-ring (bicyclic) bond motifs is 1. The van der Waals surface area contributed by atoms with Gasteiger partial charge in [0.05, 0.1) is 37.1 Å². The summed E-state index contributed by atoms with van der Waals surface area (Å²) in [5.74, 6) is 1.20. The van der Waals surface area contributed by atoms with Crippen LogP contribution in [0.5, 0.6) is 23.0 Å². The maximum absolute atomic E-state index is 13.9. The fraction of sp³-hybridized carbons (Fsp3) is 0.321. The number of amides is 1. The molecule has 3 aromatic rings. The molecule has 2 aromatic carbocycles. The highest BCUT2D eigenvalue weighted by molar-refractivity contribution is 7.07. The first kappa shape index (κ1) is 27.0. The number of carbonyl (C=O) groups is 1. The number of nitrogens with zero attached hydrogens (tertiary/aromatic N) is 3. The van der Waals surface area contributed by atoms with E-state index in [0.717, 1.165) is 0 Å². The lowest BCUT2D eigenvalue weighted by Crippen LogP contribution is -2.43. The first-order valence-electron chi connectivity index (χ1n) is 12.2. The monoisotopic (exact) mass is 537 g/mol. The van der Waals surface area contributed by atoms with Crippen molar-refractivity contribution in [1.82, 2.24) is 9.47 Å². The van der Waals surface area contributed by atoms with Gasteiger partial charge in [0.1, 0.15) is 17.5 Å². The zero-order valence-corrected chi connectivity index (χ0v) is 23.1. The van der Waals surface area contributed by atoms with Crippen LogP contribution in [0.4, 0.5) is 0 Å². The maximum Gasteiger partial charge on any atom is 0.271 e. The summed E-state index contributed by atoms with van der Waals surface area (Å²) in [6.07, 6.45) is 1.69. The van der Waals surface area contributed by atoms with E-state index in [4.69, 9.17) is 19.2 Å². The molecule has 0 saturated carbocycles. The number of methoxy groups -OCH3 is 3. The van der Waals surface area contributed by atoms with Crippen molar-refractivity contribution in [2.75, 3.05) is 34.4 Å². The molecular weight excluding hydrogens is 506 g/mol. The minimum Gasteiger partial charge on any atom is -0.504 e. The van der Waals surface area contributed by atoms with Crippen molar-refractivity contribution < 1.29 is 24.1 Å². The van der Waals surface area contributed by atoms with Crippen molar-refractivity contribution in [2.24, 2.45) is 4.99 Å². The smallest absolute Gasteiger partial charge is 0.271 e. The summed E-state index contributed by atoms with van der Waals surface area (Å²) in [6.45, 7) is 6.64. The lowest BCUT2D eigenvalue weighted by atomic mass is 9.93. The SMILES string of the molecule is CCN(CC)C(=O)C1=C(C)N=c2s/c(=C/c3ccc(OC)c(O)c3)c(=O)n2[C@H]1c1cc(OC)ccc1OC. The van der Waals surface area contributed by atoms with E-state index in [1.807, 2.05) is 13.8 Å². The van der Waals surface area contributed by atoms with E-state index in [9.17, 15) is 14.7 Å². The second-order valence-corrected chi connectivity index (χ2v) is 9.61. The molecule has 200 valence electrons. The number of hydrogen-bond acceptors (Lipinski definition) is 8. The molecule has 4 rings (SSSR count). The van der Waals surface area contributed by atoms with Crippen LogP contribution in [0.25, 0.3) is 6.08 Å². The summed E-state index contributed by atoms with van der Waals surface area (Å²) in [5.41, 5.74) is 1.87. The molecule has 0 spiro atoms. The predicted octanol–water partition coefficient (Wildman–Crippen LogP) is 2.84. The van der Waals surface area contributed by atoms with Crippen molar-refractivity contribution in [3.8, 4) is 23.0 Å². The summed E-state index contributed by atoms with van der Waals surface area (Å²) in [6, 6.07) is 9.45. The number of thiazole rings is 1. The van der Waals surface area contributed by atoms with Crippen LogP contribution in [0.15, 0.2) is 57.5 Å². The highest BCUT2D eigenvalue weighted by Crippen LogP contribution is 2.38. The lowest BCUT2D eigenvalue weighted by Gasteiger charge is -2.30. The fourth-order valence-electron chi connectivity index (χ4n) is 4.57. The fourth-order valence-corrected chi connectivity index (χ4v) is 5.62. The Kier molecular flexibility index (Phi) is 7.91. The lowest BCUT2D eigenvalue weighted by molar-refractivity contribution is -0.127. The van der Waals surface area contributed by atoms with Crippen LogP contribution in [0.2, 0.25) is 0 Å². The van der Waals surface area contributed by atoms with Gasteiger partial charge >= 0.3 is 0 Å². The van der Waals surface area contributed by atoms with Gasteiger partial charge in [0.15, 0.2) is 16.3 Å². The van der Waals surface area contributed by atoms with E-state index in [1.165, 1.54) is 24.5 Å². The molecule has 0 fully saturated rings. The molecular formula is C28H31N3O6S. The number of allylic oxidation sites excluding steroid dienone is 1. The standard InChI is InChI=1S/C28H31N3O6S/c1-7-30(8-2)27(34)24-16(3)29-28-31(25(24)19-15-18(35-4)10-12-21(19)36-5)26(33)23(38-28)14-17-9-11-22(37-6)20(32)13-17/h9-15,25,32H,7-8H2,1-6H3/b23-14+/t25-/m0/s1. The summed E-state index contributed by atoms with van der Waals surface area (Å²) < 4.78 is 18.2. The number of carbonyl (C=O) groups excluding carboxylic acids is 1. The van der Waals surface area contributed by atoms with Crippen molar-refractivity contribution in [3.63, 3.8) is 0 Å². The molecule has 9 nitrogen and oxygen atoms in total. The molecule has 1 aliphatic rings. The van der Waals surface area contributed by atoms with Gasteiger partial charge in [0.2, 0.25) is 0 Å². The van der Waals surface area contributed by atoms with Gasteiger partial charge in [-0.15, -0.1) is 0 Å². The highest BCUT2D eigenvalue weighted by atomic mass is 32.1. The van der Waals surface area contributed by atoms with Crippen LogP contribution in [-0.4, -0.2) is 54.9 Å². The van der Waals surface area contributed by atoms with E-state index in [0.29, 0.717) is 62.1 Å². The summed E-state index contributed by atoms with van der Waals surface area (Å²) in [4.78, 5) is 34.6. The van der Waals surface area contributed by atoms with E-state index < -0.39 is 6.04 Å². The second-order valence-electron chi connectivity index (χ2n) is 8.60. The minimum absolute atomic E-state index is 0.0315. The molecule has 1 N–H and O–H groups in total. The van der Waals surface area contributed by atoms with Crippen LogP contribution in [-0.2, 0) is 4.79 Å². The van der Waals surface area contributed by atoms with E-state index in [1.54, 1.807) is 67.0 Å². The first-order valence-corrected chi connectivity index (χ1v) is 13.0. The topological polar surface area (TPSA) is 103 Å². The molecule has 1 amide bonds. The Bertz CT molecular complexity index is 1580. The van der Waals surface area contributed by atoms with Gasteiger partial charge in [0.25, 0.3) is 11.5 Å². The summed E-state index contributed by atoms with van der Waals surface area (Å²) in [5, 5.41) is 10.2. The van der Waals surface area contributed by atoms with Gasteiger partial charge in [0, 0.05) is 18.7 Å². The number of likely N-dealkylation sites (N-methyl/N-ethyl adjacent to an activating group) is 1. The molecule has 0 aliphatic carbocycles. The van der Waals surface area contributed by atoms with Gasteiger partial charge in [-0.25, -0.2) is 4.99 Å². The first-order chi connectivity index (χ1) is 18.3. The highest BCUT2D eigenvalue weighted by Gasteiger charge is 2.36. The Balaban J connectivity index is 2.01. The quantitative estimate of drug-likeness (QED) is 0.474. The zero-order chi connectivity index (χ0) is 27.6. The van der Waals surface area contributed by atoms with Gasteiger partial charge in [-0.05, 0) is 62.7 Å². The molecule has 1 aromatic heterocycles. The average Bonchev–Trinajstić information content (AvgIpc) is 3.22. The number of ether oxygens (including phenoxy) is 3. The number of rotatable bonds is 8. The number of phenols is 1. The predicted molar refractivity (Wildman–Crippen MR) is 146 cm³/mol. The Morgan fingerprint density at radius 1 is 1.08 bits per heavy atom. The number of phenolic OH excluding ortho intramolecular Hbond substituents is 1. The summed E-state index contributed by atoms with van der Waals surface area (Å²) in [7, 11) is 4.58. The van der Waals surface area contributed by atoms with Crippen LogP contribution in [0.1, 0.15) is 37.9 Å². The largest absolute Gasteiger partial charge is 0.504 e. The molecule has 38 heavy (non-hydrogen) atoms. The van der Waals surface area contributed by atoms with Crippen molar-refractivity contribution in [2.45, 2.75) is 26.8 Å². The molecule has 10 heteroatoms. The van der Waals surface area contributed by atoms with Gasteiger partial charge in [-0.1, -0.05) is 17.4 Å². The summed E-state index contributed by atoms with van der Waals surface area (Å²) >= 11 is 1.22. The van der Waals surface area contributed by atoms with Crippen molar-refractivity contribution in [3.05, 3.63) is 78.5 Å². The maximum atomic E-state index is 13.9. The van der Waals surface area contributed by atoms with E-state index >= 15 is 0 Å². The third-order valence-electron chi connectivity index (χ3n) is 6.53. The third-order valence-corrected chi connectivity index (χ3v) is 7.52. The Morgan fingerprint density at radius 3 is 2.37 bits per heavy atom. The third kappa shape index (κ3) is 4.79.